The third-order valence-corrected chi connectivity index (χ3v) is 6.77. The van der Waals surface area contributed by atoms with Crippen molar-refractivity contribution in [2.75, 3.05) is 6.61 Å². The predicted molar refractivity (Wildman–Crippen MR) is 133 cm³/mol. The van der Waals surface area contributed by atoms with Crippen molar-refractivity contribution in [2.45, 2.75) is 80.4 Å². The number of hydrogen-bond donors (Lipinski definition) is 1. The summed E-state index contributed by atoms with van der Waals surface area (Å²) in [5.41, 5.74) is 1.73. The van der Waals surface area contributed by atoms with Crippen LogP contribution in [-0.4, -0.2) is 34.6 Å². The molecule has 1 amide bonds. The van der Waals surface area contributed by atoms with Gasteiger partial charge in [-0.3, -0.25) is 4.79 Å². The second kappa shape index (κ2) is 9.25. The summed E-state index contributed by atoms with van der Waals surface area (Å²) < 4.78 is 12.0. The van der Waals surface area contributed by atoms with Gasteiger partial charge in [0.15, 0.2) is 0 Å². The van der Waals surface area contributed by atoms with Crippen molar-refractivity contribution >= 4 is 5.91 Å². The first-order valence-electron chi connectivity index (χ1n) is 11.8. The molecule has 0 saturated heterocycles. The average molecular weight is 467 g/mol. The Balaban J connectivity index is 0.00000432. The molecule has 3 rings (SSSR count). The maximum atomic E-state index is 13.3. The molecule has 184 valence electrons. The molecule has 0 unspecified atom stereocenters. The number of amides is 1. The van der Waals surface area contributed by atoms with Crippen molar-refractivity contribution in [1.82, 2.24) is 15.3 Å². The predicted octanol–water partition coefficient (Wildman–Crippen LogP) is 5.35. The summed E-state index contributed by atoms with van der Waals surface area (Å²) in [4.78, 5) is 22.4. The molecule has 34 heavy (non-hydrogen) atoms. The minimum absolute atomic E-state index is 0. The Hall–Kier alpha value is -3.14. The van der Waals surface area contributed by atoms with E-state index in [4.69, 9.17) is 9.47 Å². The van der Waals surface area contributed by atoms with Gasteiger partial charge in [-0.2, -0.15) is 5.26 Å². The Morgan fingerprint density at radius 1 is 1.18 bits per heavy atom. The standard InChI is InChI=1S/C27H36N4O3.H2/c1-10-33-20-13-19(12-11-18(20)14-28)34-25-26(6,7)24(27(25,8)9)31-23(32)21-16(4)29-22(15(2)3)30-17(21)5;/h11-13,15,24-25H,10H2,1-9H3,(H,31,32);1H. The van der Waals surface area contributed by atoms with Gasteiger partial charge in [-0.25, -0.2) is 9.97 Å². The van der Waals surface area contributed by atoms with Crippen LogP contribution in [0.25, 0.3) is 0 Å². The second-order valence-corrected chi connectivity index (χ2v) is 10.5. The topological polar surface area (TPSA) is 97.1 Å². The number of carbonyl (C=O) groups is 1. The zero-order valence-corrected chi connectivity index (χ0v) is 21.7. The highest BCUT2D eigenvalue weighted by atomic mass is 16.5. The zero-order chi connectivity index (χ0) is 25.4. The van der Waals surface area contributed by atoms with E-state index in [0.717, 1.165) is 5.82 Å². The molecule has 1 N–H and O–H groups in total. The van der Waals surface area contributed by atoms with E-state index in [1.165, 1.54) is 0 Å². The van der Waals surface area contributed by atoms with Gasteiger partial charge in [-0.15, -0.1) is 0 Å². The van der Waals surface area contributed by atoms with Crippen LogP contribution < -0.4 is 14.8 Å². The molecule has 1 heterocycles. The number of hydrogen-bond acceptors (Lipinski definition) is 6. The third-order valence-electron chi connectivity index (χ3n) is 6.77. The van der Waals surface area contributed by atoms with E-state index in [9.17, 15) is 10.1 Å². The summed E-state index contributed by atoms with van der Waals surface area (Å²) in [7, 11) is 0. The number of nitriles is 1. The van der Waals surface area contributed by atoms with E-state index in [-0.39, 0.29) is 36.2 Å². The monoisotopic (exact) mass is 466 g/mol. The largest absolute Gasteiger partial charge is 0.492 e. The molecule has 1 aliphatic rings. The first-order chi connectivity index (χ1) is 15.8. The second-order valence-electron chi connectivity index (χ2n) is 10.5. The Bertz CT molecular complexity index is 1100. The molecule has 7 nitrogen and oxygen atoms in total. The molecule has 0 spiro atoms. The Morgan fingerprint density at radius 2 is 1.76 bits per heavy atom. The Morgan fingerprint density at radius 3 is 2.26 bits per heavy atom. The van der Waals surface area contributed by atoms with Crippen LogP contribution in [0, 0.1) is 36.0 Å². The number of nitrogens with zero attached hydrogens (tertiary/aromatic N) is 3. The quantitative estimate of drug-likeness (QED) is 0.591. The number of aromatic nitrogens is 2. The van der Waals surface area contributed by atoms with Crippen molar-refractivity contribution < 1.29 is 15.7 Å². The molecule has 0 atom stereocenters. The summed E-state index contributed by atoms with van der Waals surface area (Å²) in [6.07, 6.45) is -0.158. The van der Waals surface area contributed by atoms with Gasteiger partial charge in [0.2, 0.25) is 0 Å². The number of rotatable bonds is 7. The molecule has 2 aromatic rings. The van der Waals surface area contributed by atoms with Crippen molar-refractivity contribution in [3.8, 4) is 17.6 Å². The van der Waals surface area contributed by atoms with Gasteiger partial charge in [0.1, 0.15) is 29.5 Å². The lowest BCUT2D eigenvalue weighted by Crippen LogP contribution is -2.74. The maximum absolute atomic E-state index is 13.3. The van der Waals surface area contributed by atoms with Crippen LogP contribution in [0.4, 0.5) is 0 Å². The van der Waals surface area contributed by atoms with Crippen molar-refractivity contribution in [3.05, 3.63) is 46.5 Å². The number of ether oxygens (including phenoxy) is 2. The van der Waals surface area contributed by atoms with Crippen molar-refractivity contribution in [2.24, 2.45) is 10.8 Å². The van der Waals surface area contributed by atoms with E-state index in [1.54, 1.807) is 18.2 Å². The highest BCUT2D eigenvalue weighted by molar-refractivity contribution is 5.96. The summed E-state index contributed by atoms with van der Waals surface area (Å²) >= 11 is 0. The fourth-order valence-corrected chi connectivity index (χ4v) is 5.41. The first kappa shape index (κ1) is 25.5. The normalized spacial score (nSPS) is 20.3. The summed E-state index contributed by atoms with van der Waals surface area (Å²) in [6.45, 7) is 18.5. The molecule has 1 aromatic carbocycles. The van der Waals surface area contributed by atoms with Gasteiger partial charge in [0.05, 0.1) is 29.1 Å². The molecule has 1 aromatic heterocycles. The smallest absolute Gasteiger partial charge is 0.255 e. The highest BCUT2D eigenvalue weighted by Crippen LogP contribution is 2.55. The fourth-order valence-electron chi connectivity index (χ4n) is 5.41. The molecule has 1 saturated carbocycles. The lowest BCUT2D eigenvalue weighted by Gasteiger charge is -2.63. The summed E-state index contributed by atoms with van der Waals surface area (Å²) in [5.74, 6) is 1.94. The Labute approximate surface area is 204 Å². The van der Waals surface area contributed by atoms with Crippen LogP contribution in [0.15, 0.2) is 18.2 Å². The number of aryl methyl sites for hydroxylation is 2. The van der Waals surface area contributed by atoms with E-state index in [2.05, 4.69) is 49.0 Å². The molecule has 0 aliphatic heterocycles. The lowest BCUT2D eigenvalue weighted by atomic mass is 9.49. The van der Waals surface area contributed by atoms with Crippen LogP contribution in [0.5, 0.6) is 11.5 Å². The highest BCUT2D eigenvalue weighted by Gasteiger charge is 2.64. The van der Waals surface area contributed by atoms with Crippen LogP contribution in [-0.2, 0) is 0 Å². The minimum atomic E-state index is -0.334. The fraction of sp³-hybridized carbons (Fsp3) is 0.556. The van der Waals surface area contributed by atoms with Crippen molar-refractivity contribution in [1.29, 1.82) is 5.26 Å². The Kier molecular flexibility index (Phi) is 6.93. The molecule has 0 radical (unpaired) electrons. The van der Waals surface area contributed by atoms with Crippen molar-refractivity contribution in [3.63, 3.8) is 0 Å². The number of carbonyl (C=O) groups excluding carboxylic acids is 1. The molecular formula is C27H38N4O3. The van der Waals surface area contributed by atoms with Gasteiger partial charge >= 0.3 is 0 Å². The van der Waals surface area contributed by atoms with Gasteiger partial charge in [-0.1, -0.05) is 41.5 Å². The number of nitrogens with one attached hydrogen (secondary N) is 1. The van der Waals surface area contributed by atoms with Crippen LogP contribution in [0.1, 0.15) is 88.9 Å². The van der Waals surface area contributed by atoms with Gasteiger partial charge in [0, 0.05) is 30.3 Å². The molecule has 0 bridgehead atoms. The molecular weight excluding hydrogens is 428 g/mol. The SMILES string of the molecule is CCOc1cc(OC2C(C)(C)C(NC(=O)c3c(C)nc(C(C)C)nc3C)C2(C)C)ccc1C#N.[HH]. The molecule has 1 fully saturated rings. The average Bonchev–Trinajstić information content (AvgIpc) is 2.75. The van der Waals surface area contributed by atoms with E-state index in [1.807, 2.05) is 34.6 Å². The maximum Gasteiger partial charge on any atom is 0.255 e. The van der Waals surface area contributed by atoms with Crippen LogP contribution in [0.3, 0.4) is 0 Å². The first-order valence-corrected chi connectivity index (χ1v) is 11.8. The molecule has 1 aliphatic carbocycles. The lowest BCUT2D eigenvalue weighted by molar-refractivity contribution is -0.164. The third kappa shape index (κ3) is 4.46. The van der Waals surface area contributed by atoms with Gasteiger partial charge in [-0.05, 0) is 32.9 Å². The summed E-state index contributed by atoms with van der Waals surface area (Å²) in [6, 6.07) is 7.29. The van der Waals surface area contributed by atoms with Crippen LogP contribution in [0.2, 0.25) is 0 Å². The van der Waals surface area contributed by atoms with Gasteiger partial charge in [0.25, 0.3) is 5.91 Å². The molecule has 7 heteroatoms. The van der Waals surface area contributed by atoms with E-state index >= 15 is 0 Å². The van der Waals surface area contributed by atoms with Gasteiger partial charge < -0.3 is 14.8 Å². The number of benzene rings is 1. The van der Waals surface area contributed by atoms with E-state index < -0.39 is 0 Å². The van der Waals surface area contributed by atoms with Crippen LogP contribution >= 0.6 is 0 Å². The van der Waals surface area contributed by atoms with E-state index in [0.29, 0.717) is 40.6 Å². The zero-order valence-electron chi connectivity index (χ0n) is 21.7. The summed E-state index contributed by atoms with van der Waals surface area (Å²) in [5, 5.41) is 12.6. The minimum Gasteiger partial charge on any atom is -0.492 e.